The van der Waals surface area contributed by atoms with Crippen LogP contribution < -0.4 is 0 Å². The predicted molar refractivity (Wildman–Crippen MR) is 35.7 cm³/mol. The van der Waals surface area contributed by atoms with E-state index in [-0.39, 0.29) is 13.0 Å². The molecule has 1 unspecified atom stereocenters. The lowest BCUT2D eigenvalue weighted by Gasteiger charge is -2.05. The maximum absolute atomic E-state index is 12.1. The molecule has 0 N–H and O–H groups in total. The third-order valence-electron chi connectivity index (χ3n) is 1.32. The van der Waals surface area contributed by atoms with Crippen molar-refractivity contribution < 1.29 is 23.5 Å². The van der Waals surface area contributed by atoms with Crippen molar-refractivity contribution in [3.8, 4) is 0 Å². The lowest BCUT2D eigenvalue weighted by Crippen LogP contribution is -2.17. The third kappa shape index (κ3) is 2.05. The van der Waals surface area contributed by atoms with Crippen molar-refractivity contribution in [1.82, 2.24) is 0 Å². The molecule has 0 aromatic carbocycles. The van der Waals surface area contributed by atoms with Crippen molar-refractivity contribution >= 4 is 11.9 Å². The number of carbonyl (C=O) groups is 2. The van der Waals surface area contributed by atoms with Crippen molar-refractivity contribution in [1.29, 1.82) is 0 Å². The number of carbonyl (C=O) groups excluding carboxylic acids is 2. The zero-order valence-electron chi connectivity index (χ0n) is 6.21. The molecule has 0 aromatic rings. The van der Waals surface area contributed by atoms with Crippen molar-refractivity contribution in [2.24, 2.45) is 0 Å². The molecule has 66 valence electrons. The molecule has 1 aliphatic heterocycles. The second-order valence-corrected chi connectivity index (χ2v) is 2.32. The number of esters is 2. The van der Waals surface area contributed by atoms with E-state index < -0.39 is 23.9 Å². The highest BCUT2D eigenvalue weighted by Gasteiger charge is 2.27. The van der Waals surface area contributed by atoms with E-state index >= 15 is 0 Å². The molecule has 1 aliphatic rings. The summed E-state index contributed by atoms with van der Waals surface area (Å²) < 4.78 is 21.0. The maximum Gasteiger partial charge on any atom is 0.366 e. The van der Waals surface area contributed by atoms with Gasteiger partial charge in [0.1, 0.15) is 12.7 Å². The lowest BCUT2D eigenvalue weighted by molar-refractivity contribution is -0.146. The Bertz CT molecular complexity index is 236. The molecule has 1 heterocycles. The van der Waals surface area contributed by atoms with Crippen LogP contribution >= 0.6 is 0 Å². The number of hydrogen-bond acceptors (Lipinski definition) is 4. The first-order valence-electron chi connectivity index (χ1n) is 3.30. The molecule has 0 aromatic heterocycles. The molecule has 1 saturated heterocycles. The van der Waals surface area contributed by atoms with E-state index in [2.05, 4.69) is 16.1 Å². The zero-order chi connectivity index (χ0) is 9.14. The predicted octanol–water partition coefficient (Wildman–Crippen LogP) is 0.328. The topological polar surface area (TPSA) is 52.6 Å². The normalized spacial score (nSPS) is 21.8. The van der Waals surface area contributed by atoms with Gasteiger partial charge in [-0.2, -0.15) is 4.39 Å². The number of hydrogen-bond donors (Lipinski definition) is 0. The van der Waals surface area contributed by atoms with Crippen LogP contribution in [-0.4, -0.2) is 24.6 Å². The van der Waals surface area contributed by atoms with E-state index in [1.807, 2.05) is 0 Å². The largest absolute Gasteiger partial charge is 0.462 e. The van der Waals surface area contributed by atoms with Crippen LogP contribution in [0.1, 0.15) is 6.42 Å². The maximum atomic E-state index is 12.1. The number of cyclic esters (lactones) is 1. The Morgan fingerprint density at radius 2 is 2.42 bits per heavy atom. The summed E-state index contributed by atoms with van der Waals surface area (Å²) in [7, 11) is 0. The SMILES string of the molecule is C=C(F)C(=O)OC1COC(=O)C1. The van der Waals surface area contributed by atoms with Gasteiger partial charge in [0, 0.05) is 0 Å². The Morgan fingerprint density at radius 3 is 2.83 bits per heavy atom. The van der Waals surface area contributed by atoms with Crippen molar-refractivity contribution in [3.05, 3.63) is 12.4 Å². The van der Waals surface area contributed by atoms with E-state index in [0.717, 1.165) is 0 Å². The lowest BCUT2D eigenvalue weighted by atomic mass is 10.3. The van der Waals surface area contributed by atoms with Gasteiger partial charge in [0.05, 0.1) is 6.42 Å². The monoisotopic (exact) mass is 174 g/mol. The first-order valence-corrected chi connectivity index (χ1v) is 3.30. The molecule has 4 nitrogen and oxygen atoms in total. The Hall–Kier alpha value is -1.39. The minimum Gasteiger partial charge on any atom is -0.462 e. The van der Waals surface area contributed by atoms with Gasteiger partial charge in [0.25, 0.3) is 0 Å². The van der Waals surface area contributed by atoms with Gasteiger partial charge in [-0.05, 0) is 0 Å². The summed E-state index contributed by atoms with van der Waals surface area (Å²) in [6, 6.07) is 0. The first-order chi connectivity index (χ1) is 5.59. The van der Waals surface area contributed by atoms with E-state index in [0.29, 0.717) is 0 Å². The second-order valence-electron chi connectivity index (χ2n) is 2.32. The van der Waals surface area contributed by atoms with Crippen LogP contribution in [0.4, 0.5) is 4.39 Å². The molecule has 0 spiro atoms. The fourth-order valence-electron chi connectivity index (χ4n) is 0.781. The number of rotatable bonds is 2. The van der Waals surface area contributed by atoms with Gasteiger partial charge in [-0.15, -0.1) is 0 Å². The molecule has 0 radical (unpaired) electrons. The molecule has 1 atom stereocenters. The van der Waals surface area contributed by atoms with Crippen LogP contribution in [-0.2, 0) is 19.1 Å². The van der Waals surface area contributed by atoms with Crippen LogP contribution in [0.3, 0.4) is 0 Å². The molecule has 5 heteroatoms. The van der Waals surface area contributed by atoms with Gasteiger partial charge < -0.3 is 9.47 Å². The second kappa shape index (κ2) is 3.34. The smallest absolute Gasteiger partial charge is 0.366 e. The Kier molecular flexibility index (Phi) is 2.42. The molecule has 1 rings (SSSR count). The summed E-state index contributed by atoms with van der Waals surface area (Å²) in [6.07, 6.45) is -0.684. The molecule has 1 fully saturated rings. The molecule has 0 amide bonds. The van der Waals surface area contributed by atoms with Gasteiger partial charge in [0.15, 0.2) is 0 Å². The van der Waals surface area contributed by atoms with Crippen LogP contribution in [0, 0.1) is 0 Å². The van der Waals surface area contributed by atoms with Crippen LogP contribution in [0.15, 0.2) is 12.4 Å². The minimum absolute atomic E-state index is 0.00213. The summed E-state index contributed by atoms with van der Waals surface area (Å²) in [5.41, 5.74) is 0. The molecule has 12 heavy (non-hydrogen) atoms. The fraction of sp³-hybridized carbons (Fsp3) is 0.429. The molecular formula is C7H7FO4. The average molecular weight is 174 g/mol. The average Bonchev–Trinajstić information content (AvgIpc) is 2.35. The van der Waals surface area contributed by atoms with E-state index in [1.165, 1.54) is 0 Å². The molecule has 0 bridgehead atoms. The van der Waals surface area contributed by atoms with Crippen LogP contribution in [0.5, 0.6) is 0 Å². The number of ether oxygens (including phenoxy) is 2. The standard InChI is InChI=1S/C7H7FO4/c1-4(8)7(10)12-5-2-6(9)11-3-5/h5H,1-3H2. The van der Waals surface area contributed by atoms with E-state index in [1.54, 1.807) is 0 Å². The van der Waals surface area contributed by atoms with Crippen molar-refractivity contribution in [2.75, 3.05) is 6.61 Å². The van der Waals surface area contributed by atoms with Crippen LogP contribution in [0.25, 0.3) is 0 Å². The third-order valence-corrected chi connectivity index (χ3v) is 1.32. The Morgan fingerprint density at radius 1 is 1.75 bits per heavy atom. The first kappa shape index (κ1) is 8.70. The van der Waals surface area contributed by atoms with E-state index in [9.17, 15) is 14.0 Å². The summed E-state index contributed by atoms with van der Waals surface area (Å²) in [5.74, 6) is -2.76. The van der Waals surface area contributed by atoms with Gasteiger partial charge in [-0.3, -0.25) is 4.79 Å². The quantitative estimate of drug-likeness (QED) is 0.447. The highest BCUT2D eigenvalue weighted by Crippen LogP contribution is 2.11. The highest BCUT2D eigenvalue weighted by atomic mass is 19.1. The zero-order valence-corrected chi connectivity index (χ0v) is 6.21. The van der Waals surface area contributed by atoms with Crippen LogP contribution in [0.2, 0.25) is 0 Å². The van der Waals surface area contributed by atoms with Gasteiger partial charge >= 0.3 is 11.9 Å². The van der Waals surface area contributed by atoms with Gasteiger partial charge in [-0.1, -0.05) is 6.58 Å². The summed E-state index contributed by atoms with van der Waals surface area (Å²) in [4.78, 5) is 21.0. The van der Waals surface area contributed by atoms with Crippen molar-refractivity contribution in [3.63, 3.8) is 0 Å². The summed E-state index contributed by atoms with van der Waals surface area (Å²) in [5, 5.41) is 0. The molecule has 0 saturated carbocycles. The number of halogens is 1. The van der Waals surface area contributed by atoms with Gasteiger partial charge in [-0.25, -0.2) is 4.79 Å². The molecular weight excluding hydrogens is 167 g/mol. The van der Waals surface area contributed by atoms with Crippen molar-refractivity contribution in [2.45, 2.75) is 12.5 Å². The Balaban J connectivity index is 2.37. The summed E-state index contributed by atoms with van der Waals surface area (Å²) in [6.45, 7) is 2.75. The van der Waals surface area contributed by atoms with Gasteiger partial charge in [0.2, 0.25) is 5.83 Å². The molecule has 0 aliphatic carbocycles. The summed E-state index contributed by atoms with van der Waals surface area (Å²) >= 11 is 0. The van der Waals surface area contributed by atoms with E-state index in [4.69, 9.17) is 0 Å². The Labute approximate surface area is 67.9 Å². The highest BCUT2D eigenvalue weighted by molar-refractivity contribution is 5.85. The minimum atomic E-state index is -1.17. The fourth-order valence-corrected chi connectivity index (χ4v) is 0.781.